The van der Waals surface area contributed by atoms with Crippen molar-refractivity contribution in [1.82, 2.24) is 4.48 Å². The van der Waals surface area contributed by atoms with Crippen LogP contribution in [0.2, 0.25) is 0 Å². The van der Waals surface area contributed by atoms with E-state index in [2.05, 4.69) is 210 Å². The van der Waals surface area contributed by atoms with E-state index in [0.717, 1.165) is 0 Å². The average molecular weight is 749 g/mol. The molecule has 0 N–H and O–H groups in total. The molecule has 0 saturated carbocycles. The van der Waals surface area contributed by atoms with Crippen molar-refractivity contribution in [3.05, 3.63) is 125 Å². The van der Waals surface area contributed by atoms with Crippen LogP contribution in [-0.2, 0) is 27.1 Å². The number of hydrogen-bond acceptors (Lipinski definition) is 1. The summed E-state index contributed by atoms with van der Waals surface area (Å²) in [4.78, 5) is 2.65. The number of rotatable bonds is 1. The molecule has 0 amide bonds. The fourth-order valence-electron chi connectivity index (χ4n) is 9.42. The highest BCUT2D eigenvalue weighted by atomic mass is 15.2. The Kier molecular flexibility index (Phi) is 7.90. The first-order chi connectivity index (χ1) is 26.4. The first kappa shape index (κ1) is 37.8. The van der Waals surface area contributed by atoms with Crippen LogP contribution in [0.25, 0.3) is 43.7 Å². The second kappa shape index (κ2) is 11.9. The zero-order valence-corrected chi connectivity index (χ0v) is 37.2. The molecule has 0 fully saturated rings. The van der Waals surface area contributed by atoms with Crippen molar-refractivity contribution >= 4 is 67.4 Å². The third kappa shape index (κ3) is 5.89. The fraction of sp³-hybridized carbons (Fsp3) is 0.370. The van der Waals surface area contributed by atoms with E-state index >= 15 is 0 Å². The van der Waals surface area contributed by atoms with Crippen LogP contribution in [0.4, 0.5) is 17.1 Å². The van der Waals surface area contributed by atoms with E-state index in [1.54, 1.807) is 0 Å². The van der Waals surface area contributed by atoms with Crippen molar-refractivity contribution < 1.29 is 0 Å². The molecule has 2 nitrogen and oxygen atoms in total. The molecule has 0 radical (unpaired) electrons. The lowest BCUT2D eigenvalue weighted by molar-refractivity contribution is 0.569. The minimum Gasteiger partial charge on any atom is -0.375 e. The van der Waals surface area contributed by atoms with Crippen molar-refractivity contribution in [2.24, 2.45) is 0 Å². The summed E-state index contributed by atoms with van der Waals surface area (Å²) in [5.41, 5.74) is 18.7. The van der Waals surface area contributed by atoms with Gasteiger partial charge in [0.15, 0.2) is 0 Å². The number of fused-ring (bicyclic) bond motifs is 8. The standard InChI is InChI=1S/C54H61BN2/c1-50(2,3)34-20-21-45-40(27-34)42-29-37(53(10,11)12)30-43-41-28-38(54(13,14)15)31-47-48(41)55(57(45)49(42)43)44-22-32-18-16-17-19-33(32)23-46(44)56(47)39-25-35(51(4,5)6)24-36(26-39)52(7,8)9/h16-31H,1-15H3. The highest BCUT2D eigenvalue weighted by Gasteiger charge is 2.44. The predicted molar refractivity (Wildman–Crippen MR) is 251 cm³/mol. The van der Waals surface area contributed by atoms with E-state index in [1.807, 2.05) is 0 Å². The summed E-state index contributed by atoms with van der Waals surface area (Å²) in [5, 5.41) is 5.27. The first-order valence-corrected chi connectivity index (χ1v) is 21.2. The van der Waals surface area contributed by atoms with Crippen LogP contribution < -0.4 is 15.8 Å². The Hall–Kier alpha value is -4.76. The predicted octanol–water partition coefficient (Wildman–Crippen LogP) is 13.9. The quantitative estimate of drug-likeness (QED) is 0.152. The summed E-state index contributed by atoms with van der Waals surface area (Å²) in [7, 11) is 0. The molecular weight excluding hydrogens is 687 g/mol. The monoisotopic (exact) mass is 748 g/mol. The smallest absolute Gasteiger partial charge is 0.333 e. The number of aromatic nitrogens is 1. The molecule has 57 heavy (non-hydrogen) atoms. The second-order valence-electron chi connectivity index (χ2n) is 22.5. The summed E-state index contributed by atoms with van der Waals surface area (Å²) in [6.07, 6.45) is 0. The lowest BCUT2D eigenvalue weighted by Gasteiger charge is -2.42. The van der Waals surface area contributed by atoms with Crippen molar-refractivity contribution in [1.29, 1.82) is 0 Å². The molecule has 0 bridgehead atoms. The van der Waals surface area contributed by atoms with Crippen molar-refractivity contribution in [2.75, 3.05) is 4.90 Å². The van der Waals surface area contributed by atoms with Gasteiger partial charge in [-0.05, 0) is 131 Å². The Balaban J connectivity index is 1.50. The number of benzene rings is 6. The molecule has 6 aromatic carbocycles. The average Bonchev–Trinajstić information content (AvgIpc) is 3.44. The molecule has 1 aromatic heterocycles. The third-order valence-corrected chi connectivity index (χ3v) is 13.1. The molecule has 290 valence electrons. The zero-order chi connectivity index (χ0) is 40.9. The van der Waals surface area contributed by atoms with Crippen LogP contribution in [0.1, 0.15) is 132 Å². The van der Waals surface area contributed by atoms with Crippen molar-refractivity contribution in [3.8, 4) is 11.1 Å². The van der Waals surface area contributed by atoms with Gasteiger partial charge in [-0.1, -0.05) is 152 Å². The van der Waals surface area contributed by atoms with E-state index in [9.17, 15) is 0 Å². The number of anilines is 3. The fourth-order valence-corrected chi connectivity index (χ4v) is 9.42. The minimum absolute atomic E-state index is 0.00114. The van der Waals surface area contributed by atoms with Gasteiger partial charge in [0, 0.05) is 44.4 Å². The van der Waals surface area contributed by atoms with Crippen LogP contribution >= 0.6 is 0 Å². The van der Waals surface area contributed by atoms with Gasteiger partial charge in [-0.15, -0.1) is 0 Å². The van der Waals surface area contributed by atoms with Crippen LogP contribution in [0.5, 0.6) is 0 Å². The van der Waals surface area contributed by atoms with E-state index in [4.69, 9.17) is 0 Å². The van der Waals surface area contributed by atoms with Gasteiger partial charge < -0.3 is 9.38 Å². The summed E-state index contributed by atoms with van der Waals surface area (Å²) in [6, 6.07) is 38.9. The van der Waals surface area contributed by atoms with E-state index in [-0.39, 0.29) is 33.9 Å². The Morgan fingerprint density at radius 1 is 0.421 bits per heavy atom. The maximum absolute atomic E-state index is 2.73. The Morgan fingerprint density at radius 2 is 0.930 bits per heavy atom. The minimum atomic E-state index is -0.0628. The van der Waals surface area contributed by atoms with Gasteiger partial charge in [0.2, 0.25) is 0 Å². The maximum Gasteiger partial charge on any atom is 0.333 e. The lowest BCUT2D eigenvalue weighted by atomic mass is 9.44. The van der Waals surface area contributed by atoms with Gasteiger partial charge in [-0.3, -0.25) is 0 Å². The summed E-state index contributed by atoms with van der Waals surface area (Å²) < 4.78 is 2.73. The van der Waals surface area contributed by atoms with Crippen LogP contribution in [0.15, 0.2) is 97.1 Å². The van der Waals surface area contributed by atoms with Gasteiger partial charge in [0.05, 0.1) is 0 Å². The van der Waals surface area contributed by atoms with E-state index < -0.39 is 0 Å². The molecule has 0 atom stereocenters. The Morgan fingerprint density at radius 3 is 1.51 bits per heavy atom. The van der Waals surface area contributed by atoms with Crippen LogP contribution in [0.3, 0.4) is 0 Å². The second-order valence-corrected chi connectivity index (χ2v) is 22.5. The highest BCUT2D eigenvalue weighted by Crippen LogP contribution is 2.49. The Bertz CT molecular complexity index is 2780. The molecule has 0 saturated heterocycles. The molecule has 7 aromatic rings. The van der Waals surface area contributed by atoms with Gasteiger partial charge in [-0.2, -0.15) is 0 Å². The topological polar surface area (TPSA) is 8.17 Å². The maximum atomic E-state index is 2.73. The van der Waals surface area contributed by atoms with E-state index in [1.165, 1.54) is 99.5 Å². The summed E-state index contributed by atoms with van der Waals surface area (Å²) >= 11 is 0. The number of hydrogen-bond donors (Lipinski definition) is 0. The molecule has 3 heteroatoms. The number of nitrogens with zero attached hydrogens (tertiary/aromatic N) is 2. The van der Waals surface area contributed by atoms with Gasteiger partial charge in [-0.25, -0.2) is 0 Å². The molecule has 3 heterocycles. The molecule has 9 rings (SSSR count). The SMILES string of the molecule is CC(C)(C)c1cc(N2c3cc4ccccc4cc3B3c4c(cc(C(C)(C)C)cc42)-c2cc(C(C)(C)C)cc4c5cc(C(C)(C)C)ccc5n3c24)cc(C(C)(C)C)c1. The molecule has 2 aliphatic heterocycles. The van der Waals surface area contributed by atoms with Gasteiger partial charge >= 0.3 is 6.85 Å². The third-order valence-electron chi connectivity index (χ3n) is 13.1. The van der Waals surface area contributed by atoms with Crippen molar-refractivity contribution in [3.63, 3.8) is 0 Å². The first-order valence-electron chi connectivity index (χ1n) is 21.2. The van der Waals surface area contributed by atoms with E-state index in [0.29, 0.717) is 0 Å². The molecule has 2 aliphatic rings. The van der Waals surface area contributed by atoms with Crippen LogP contribution in [0, 0.1) is 0 Å². The van der Waals surface area contributed by atoms with Crippen LogP contribution in [-0.4, -0.2) is 11.3 Å². The summed E-state index contributed by atoms with van der Waals surface area (Å²) in [6.45, 7) is 35.4. The largest absolute Gasteiger partial charge is 0.375 e. The van der Waals surface area contributed by atoms with Gasteiger partial charge in [0.25, 0.3) is 0 Å². The Labute approximate surface area is 342 Å². The molecule has 0 unspecified atom stereocenters. The normalized spacial score (nSPS) is 14.5. The molecule has 0 spiro atoms. The lowest BCUT2D eigenvalue weighted by Crippen LogP contribution is -2.57. The molecule has 0 aliphatic carbocycles. The van der Waals surface area contributed by atoms with Crippen molar-refractivity contribution in [2.45, 2.75) is 131 Å². The molecular formula is C54H61BN2. The highest BCUT2D eigenvalue weighted by molar-refractivity contribution is 6.90. The summed E-state index contributed by atoms with van der Waals surface area (Å²) in [5.74, 6) is 0. The zero-order valence-electron chi connectivity index (χ0n) is 37.2. The van der Waals surface area contributed by atoms with Gasteiger partial charge in [0.1, 0.15) is 0 Å².